The molecule has 0 saturated carbocycles. The summed E-state index contributed by atoms with van der Waals surface area (Å²) in [5.74, 6) is 1.80. The Hall–Kier alpha value is -1.79. The third-order valence-electron chi connectivity index (χ3n) is 4.54. The minimum Gasteiger partial charge on any atom is -0.372 e. The maximum atomic E-state index is 4.47. The Morgan fingerprint density at radius 1 is 1.00 bits per heavy atom. The number of hydrogen-bond donors (Lipinski definition) is 0. The molecule has 0 aliphatic carbocycles. The van der Waals surface area contributed by atoms with Crippen molar-refractivity contribution in [2.75, 3.05) is 18.0 Å². The topological polar surface area (TPSA) is 34.0 Å². The van der Waals surface area contributed by atoms with Crippen LogP contribution in [0.4, 0.5) is 5.69 Å². The van der Waals surface area contributed by atoms with Gasteiger partial charge in [-0.25, -0.2) is 0 Å². The molecule has 0 aliphatic rings. The molecule has 0 bridgehead atoms. The van der Waals surface area contributed by atoms with E-state index < -0.39 is 0 Å². The molecule has 27 heavy (non-hydrogen) atoms. The summed E-state index contributed by atoms with van der Waals surface area (Å²) in [7, 11) is 0. The molecule has 1 heterocycles. The second-order valence-electron chi connectivity index (χ2n) is 6.19. The van der Waals surface area contributed by atoms with Crippen LogP contribution in [0.3, 0.4) is 0 Å². The highest BCUT2D eigenvalue weighted by molar-refractivity contribution is 9.10. The summed E-state index contributed by atoms with van der Waals surface area (Å²) >= 11 is 5.26. The van der Waals surface area contributed by atoms with Gasteiger partial charge in [0.2, 0.25) is 0 Å². The summed E-state index contributed by atoms with van der Waals surface area (Å²) < 4.78 is 3.29. The van der Waals surface area contributed by atoms with Crippen molar-refractivity contribution in [1.82, 2.24) is 14.8 Å². The fourth-order valence-electron chi connectivity index (χ4n) is 3.08. The molecule has 0 aliphatic heterocycles. The third kappa shape index (κ3) is 4.74. The van der Waals surface area contributed by atoms with Crippen molar-refractivity contribution in [2.45, 2.75) is 38.2 Å². The predicted molar refractivity (Wildman–Crippen MR) is 118 cm³/mol. The molecule has 1 aromatic heterocycles. The first-order valence-electron chi connectivity index (χ1n) is 9.32. The van der Waals surface area contributed by atoms with Gasteiger partial charge in [-0.2, -0.15) is 0 Å². The van der Waals surface area contributed by atoms with Gasteiger partial charge in [0.05, 0.1) is 0 Å². The summed E-state index contributed by atoms with van der Waals surface area (Å²) in [6.07, 6.45) is 0. The lowest BCUT2D eigenvalue weighted by Gasteiger charge is -2.21. The fourth-order valence-corrected chi connectivity index (χ4v) is 4.47. The van der Waals surface area contributed by atoms with E-state index in [2.05, 4.69) is 98.8 Å². The van der Waals surface area contributed by atoms with E-state index in [9.17, 15) is 0 Å². The molecule has 3 aromatic rings. The van der Waals surface area contributed by atoms with Crippen molar-refractivity contribution in [3.8, 4) is 11.4 Å². The van der Waals surface area contributed by atoms with Gasteiger partial charge < -0.3 is 9.47 Å². The van der Waals surface area contributed by atoms with Gasteiger partial charge in [-0.15, -0.1) is 10.2 Å². The molecule has 142 valence electrons. The van der Waals surface area contributed by atoms with Crippen LogP contribution in [-0.2, 0) is 12.3 Å². The van der Waals surface area contributed by atoms with E-state index in [1.54, 1.807) is 11.8 Å². The smallest absolute Gasteiger partial charge is 0.191 e. The van der Waals surface area contributed by atoms with Gasteiger partial charge >= 0.3 is 0 Å². The number of rotatable bonds is 8. The van der Waals surface area contributed by atoms with Gasteiger partial charge in [0.15, 0.2) is 11.0 Å². The Labute approximate surface area is 174 Å². The van der Waals surface area contributed by atoms with Gasteiger partial charge in [-0.3, -0.25) is 0 Å². The van der Waals surface area contributed by atoms with Gasteiger partial charge in [0.1, 0.15) is 0 Å². The number of thioether (sulfide) groups is 1. The van der Waals surface area contributed by atoms with Crippen molar-refractivity contribution in [2.24, 2.45) is 0 Å². The Morgan fingerprint density at radius 2 is 1.74 bits per heavy atom. The molecule has 3 rings (SSSR count). The van der Waals surface area contributed by atoms with Crippen LogP contribution < -0.4 is 4.90 Å². The van der Waals surface area contributed by atoms with Gasteiger partial charge in [0.25, 0.3) is 0 Å². The van der Waals surface area contributed by atoms with Crippen LogP contribution in [0.1, 0.15) is 26.3 Å². The van der Waals surface area contributed by atoms with Crippen LogP contribution in [-0.4, -0.2) is 27.9 Å². The first kappa shape index (κ1) is 20.0. The lowest BCUT2D eigenvalue weighted by Crippen LogP contribution is -2.21. The maximum absolute atomic E-state index is 4.47. The first-order chi connectivity index (χ1) is 13.2. The Bertz CT molecular complexity index is 872. The van der Waals surface area contributed by atoms with Gasteiger partial charge in [-0.05, 0) is 62.7 Å². The zero-order chi connectivity index (χ0) is 19.2. The standard InChI is InChI=1S/C21H25BrN4S/c1-4-25(5-2)19-12-10-17(11-13-19)20-23-24-21(26(20)6-3)27-15-16-8-7-9-18(22)14-16/h7-14H,4-6,15H2,1-3H3. The van der Waals surface area contributed by atoms with Gasteiger partial charge in [-0.1, -0.05) is 39.8 Å². The van der Waals surface area contributed by atoms with Gasteiger partial charge in [0, 0.05) is 41.1 Å². The lowest BCUT2D eigenvalue weighted by atomic mass is 10.2. The molecule has 0 N–H and O–H groups in total. The SMILES string of the molecule is CCN(CC)c1ccc(-c2nnc(SCc3cccc(Br)c3)n2CC)cc1. The minimum atomic E-state index is 0.848. The highest BCUT2D eigenvalue weighted by Crippen LogP contribution is 2.28. The number of anilines is 1. The predicted octanol–water partition coefficient (Wildman–Crippen LogP) is 5.87. The second-order valence-corrected chi connectivity index (χ2v) is 8.05. The number of benzene rings is 2. The van der Waals surface area contributed by atoms with E-state index in [0.29, 0.717) is 0 Å². The molecule has 2 aromatic carbocycles. The van der Waals surface area contributed by atoms with E-state index in [1.807, 2.05) is 6.07 Å². The summed E-state index contributed by atoms with van der Waals surface area (Å²) in [4.78, 5) is 2.34. The van der Waals surface area contributed by atoms with Crippen molar-refractivity contribution in [1.29, 1.82) is 0 Å². The van der Waals surface area contributed by atoms with E-state index in [4.69, 9.17) is 0 Å². The molecule has 0 spiro atoms. The molecular weight excluding hydrogens is 420 g/mol. The van der Waals surface area contributed by atoms with E-state index in [0.717, 1.165) is 46.4 Å². The van der Waals surface area contributed by atoms with Crippen LogP contribution in [0, 0.1) is 0 Å². The molecule has 0 saturated heterocycles. The number of nitrogens with zero attached hydrogens (tertiary/aromatic N) is 4. The number of aromatic nitrogens is 3. The van der Waals surface area contributed by atoms with Crippen molar-refractivity contribution in [3.05, 3.63) is 58.6 Å². The quantitative estimate of drug-likeness (QED) is 0.407. The normalized spacial score (nSPS) is 11.0. The average Bonchev–Trinajstić information content (AvgIpc) is 3.11. The Kier molecular flexibility index (Phi) is 6.96. The van der Waals surface area contributed by atoms with Crippen molar-refractivity contribution < 1.29 is 0 Å². The maximum Gasteiger partial charge on any atom is 0.191 e. The average molecular weight is 445 g/mol. The lowest BCUT2D eigenvalue weighted by molar-refractivity contribution is 0.687. The minimum absolute atomic E-state index is 0.848. The number of halogens is 1. The molecule has 0 fully saturated rings. The molecular formula is C21H25BrN4S. The monoisotopic (exact) mass is 444 g/mol. The summed E-state index contributed by atoms with van der Waals surface area (Å²) in [6, 6.07) is 17.0. The first-order valence-corrected chi connectivity index (χ1v) is 11.1. The highest BCUT2D eigenvalue weighted by atomic mass is 79.9. The highest BCUT2D eigenvalue weighted by Gasteiger charge is 2.14. The Balaban J connectivity index is 1.79. The largest absolute Gasteiger partial charge is 0.372 e. The fraction of sp³-hybridized carbons (Fsp3) is 0.333. The van der Waals surface area contributed by atoms with E-state index in [-0.39, 0.29) is 0 Å². The summed E-state index contributed by atoms with van der Waals surface area (Å²) in [5, 5.41) is 9.87. The van der Waals surface area contributed by atoms with Crippen LogP contribution in [0.25, 0.3) is 11.4 Å². The van der Waals surface area contributed by atoms with E-state index >= 15 is 0 Å². The van der Waals surface area contributed by atoms with Crippen LogP contribution >= 0.6 is 27.7 Å². The number of hydrogen-bond acceptors (Lipinski definition) is 4. The molecule has 6 heteroatoms. The van der Waals surface area contributed by atoms with Crippen LogP contribution in [0.15, 0.2) is 58.2 Å². The van der Waals surface area contributed by atoms with Crippen LogP contribution in [0.2, 0.25) is 0 Å². The van der Waals surface area contributed by atoms with Crippen LogP contribution in [0.5, 0.6) is 0 Å². The Morgan fingerprint density at radius 3 is 2.37 bits per heavy atom. The molecule has 0 radical (unpaired) electrons. The second kappa shape index (κ2) is 9.42. The van der Waals surface area contributed by atoms with Crippen molar-refractivity contribution in [3.63, 3.8) is 0 Å². The third-order valence-corrected chi connectivity index (χ3v) is 6.08. The summed E-state index contributed by atoms with van der Waals surface area (Å²) in [5.41, 5.74) is 3.62. The van der Waals surface area contributed by atoms with E-state index in [1.165, 1.54) is 11.3 Å². The molecule has 0 atom stereocenters. The molecule has 0 amide bonds. The summed E-state index contributed by atoms with van der Waals surface area (Å²) in [6.45, 7) is 9.37. The zero-order valence-corrected chi connectivity index (χ0v) is 18.4. The zero-order valence-electron chi connectivity index (χ0n) is 16.0. The molecule has 0 unspecified atom stereocenters. The van der Waals surface area contributed by atoms with Crippen molar-refractivity contribution >= 4 is 33.4 Å². The molecule has 4 nitrogen and oxygen atoms in total.